The molecule has 0 aliphatic carbocycles. The quantitative estimate of drug-likeness (QED) is 0.742. The molecule has 0 spiro atoms. The summed E-state index contributed by atoms with van der Waals surface area (Å²) >= 11 is 0. The maximum atomic E-state index is 11.4. The van der Waals surface area contributed by atoms with Crippen molar-refractivity contribution in [3.05, 3.63) is 0 Å². The highest BCUT2D eigenvalue weighted by Gasteiger charge is 2.27. The van der Waals surface area contributed by atoms with Crippen LogP contribution in [0.2, 0.25) is 0 Å². The monoisotopic (exact) mass is 262 g/mol. The van der Waals surface area contributed by atoms with Crippen LogP contribution in [0.3, 0.4) is 0 Å². The largest absolute Gasteiger partial charge is 0.374 e. The molecule has 1 atom stereocenters. The summed E-state index contributed by atoms with van der Waals surface area (Å²) in [7, 11) is -0.683. The molecule has 2 fully saturated rings. The van der Waals surface area contributed by atoms with Gasteiger partial charge in [-0.05, 0) is 19.9 Å². The molecule has 2 rings (SSSR count). The Bertz CT molecular complexity index is 325. The molecule has 0 saturated carbocycles. The van der Waals surface area contributed by atoms with Gasteiger partial charge in [-0.1, -0.05) is 0 Å². The summed E-state index contributed by atoms with van der Waals surface area (Å²) in [5.74, 6) is 0.678. The minimum atomic E-state index is -2.75. The molecule has 1 unspecified atom stereocenters. The summed E-state index contributed by atoms with van der Waals surface area (Å²) in [5.41, 5.74) is 0. The third kappa shape index (κ3) is 3.91. The van der Waals surface area contributed by atoms with Gasteiger partial charge in [0, 0.05) is 25.7 Å². The van der Waals surface area contributed by atoms with E-state index in [1.807, 2.05) is 0 Å². The first-order valence-corrected chi connectivity index (χ1v) is 8.12. The first-order valence-electron chi connectivity index (χ1n) is 6.30. The smallest absolute Gasteiger partial charge is 0.150 e. The fourth-order valence-corrected chi connectivity index (χ4v) is 3.99. The van der Waals surface area contributed by atoms with E-state index in [9.17, 15) is 8.42 Å². The van der Waals surface area contributed by atoms with Crippen molar-refractivity contribution >= 4 is 9.84 Å². The lowest BCUT2D eigenvalue weighted by molar-refractivity contribution is 0.00208. The van der Waals surface area contributed by atoms with Crippen LogP contribution in [-0.4, -0.2) is 70.3 Å². The minimum Gasteiger partial charge on any atom is -0.374 e. The Hall–Kier alpha value is -0.170. The Morgan fingerprint density at radius 2 is 2.06 bits per heavy atom. The molecule has 0 bridgehead atoms. The Morgan fingerprint density at radius 1 is 1.35 bits per heavy atom. The zero-order valence-corrected chi connectivity index (χ0v) is 11.2. The van der Waals surface area contributed by atoms with Gasteiger partial charge >= 0.3 is 0 Å². The Morgan fingerprint density at radius 3 is 2.65 bits per heavy atom. The lowest BCUT2D eigenvalue weighted by Crippen LogP contribution is -2.48. The number of hydrogen-bond acceptors (Lipinski definition) is 5. The summed E-state index contributed by atoms with van der Waals surface area (Å²) in [6, 6.07) is 0.393. The van der Waals surface area contributed by atoms with Gasteiger partial charge in [0.2, 0.25) is 0 Å². The predicted octanol–water partition coefficient (Wildman–Crippen LogP) is -0.516. The fraction of sp³-hybridized carbons (Fsp3) is 1.00. The number of ether oxygens (including phenoxy) is 1. The first kappa shape index (κ1) is 13.3. The SMILES string of the molecule is CN(CC1CNCCO1)C1CCS(=O)(=O)CC1. The van der Waals surface area contributed by atoms with Crippen LogP contribution in [-0.2, 0) is 14.6 Å². The van der Waals surface area contributed by atoms with Crippen molar-refractivity contribution in [2.24, 2.45) is 0 Å². The van der Waals surface area contributed by atoms with Crippen molar-refractivity contribution in [3.8, 4) is 0 Å². The molecular weight excluding hydrogens is 240 g/mol. The fourth-order valence-electron chi connectivity index (χ4n) is 2.53. The van der Waals surface area contributed by atoms with Gasteiger partial charge in [0.25, 0.3) is 0 Å². The van der Waals surface area contributed by atoms with Gasteiger partial charge in [-0.15, -0.1) is 0 Å². The third-order valence-corrected chi connectivity index (χ3v) is 5.36. The van der Waals surface area contributed by atoms with Gasteiger partial charge in [-0.2, -0.15) is 0 Å². The number of nitrogens with one attached hydrogen (secondary N) is 1. The van der Waals surface area contributed by atoms with Crippen molar-refractivity contribution in [1.29, 1.82) is 0 Å². The van der Waals surface area contributed by atoms with Gasteiger partial charge in [-0.25, -0.2) is 8.42 Å². The minimum absolute atomic E-state index is 0.243. The Balaban J connectivity index is 1.78. The van der Waals surface area contributed by atoms with E-state index in [1.54, 1.807) is 0 Å². The average molecular weight is 262 g/mol. The maximum Gasteiger partial charge on any atom is 0.150 e. The standard InChI is InChI=1S/C11H22N2O3S/c1-13(9-11-8-12-4-5-16-11)10-2-6-17(14,15)7-3-10/h10-12H,2-9H2,1H3. The summed E-state index contributed by atoms with van der Waals surface area (Å²) in [5, 5.41) is 3.31. The van der Waals surface area contributed by atoms with Crippen LogP contribution in [0.4, 0.5) is 0 Å². The van der Waals surface area contributed by atoms with E-state index in [0.29, 0.717) is 17.5 Å². The van der Waals surface area contributed by atoms with E-state index in [1.165, 1.54) is 0 Å². The molecule has 2 heterocycles. The number of likely N-dealkylation sites (N-methyl/N-ethyl adjacent to an activating group) is 1. The summed E-state index contributed by atoms with van der Waals surface area (Å²) in [4.78, 5) is 2.26. The second-order valence-corrected chi connectivity index (χ2v) is 7.32. The number of rotatable bonds is 3. The van der Waals surface area contributed by atoms with E-state index >= 15 is 0 Å². The molecule has 17 heavy (non-hydrogen) atoms. The topological polar surface area (TPSA) is 58.6 Å². The molecule has 2 aliphatic heterocycles. The van der Waals surface area contributed by atoms with Gasteiger partial charge < -0.3 is 15.0 Å². The molecule has 1 N–H and O–H groups in total. The Kier molecular flexibility index (Phi) is 4.41. The highest BCUT2D eigenvalue weighted by Crippen LogP contribution is 2.17. The van der Waals surface area contributed by atoms with Crippen LogP contribution >= 0.6 is 0 Å². The highest BCUT2D eigenvalue weighted by atomic mass is 32.2. The predicted molar refractivity (Wildman–Crippen MR) is 66.9 cm³/mol. The zero-order valence-electron chi connectivity index (χ0n) is 10.4. The second-order valence-electron chi connectivity index (χ2n) is 5.02. The van der Waals surface area contributed by atoms with Crippen molar-refractivity contribution in [3.63, 3.8) is 0 Å². The van der Waals surface area contributed by atoms with Crippen LogP contribution in [0, 0.1) is 0 Å². The maximum absolute atomic E-state index is 11.4. The summed E-state index contributed by atoms with van der Waals surface area (Å²) < 4.78 is 28.4. The molecule has 6 heteroatoms. The number of hydrogen-bond donors (Lipinski definition) is 1. The van der Waals surface area contributed by atoms with Crippen molar-refractivity contribution in [1.82, 2.24) is 10.2 Å². The van der Waals surface area contributed by atoms with Crippen LogP contribution in [0.25, 0.3) is 0 Å². The zero-order chi connectivity index (χ0) is 12.3. The van der Waals surface area contributed by atoms with Crippen LogP contribution in [0.5, 0.6) is 0 Å². The van der Waals surface area contributed by atoms with E-state index in [4.69, 9.17) is 4.74 Å². The molecule has 100 valence electrons. The summed E-state index contributed by atoms with van der Waals surface area (Å²) in [6.45, 7) is 3.49. The number of morpholine rings is 1. The molecule has 2 aliphatic rings. The van der Waals surface area contributed by atoms with Gasteiger partial charge in [0.1, 0.15) is 9.84 Å². The molecule has 2 saturated heterocycles. The average Bonchev–Trinajstić information content (AvgIpc) is 2.30. The van der Waals surface area contributed by atoms with E-state index in [2.05, 4.69) is 17.3 Å². The molecule has 0 aromatic heterocycles. The van der Waals surface area contributed by atoms with Crippen LogP contribution < -0.4 is 5.32 Å². The molecular formula is C11H22N2O3S. The van der Waals surface area contributed by atoms with Crippen molar-refractivity contribution in [2.75, 3.05) is 44.8 Å². The number of sulfone groups is 1. The molecule has 0 radical (unpaired) electrons. The second kappa shape index (κ2) is 5.65. The van der Waals surface area contributed by atoms with Gasteiger partial charge in [0.05, 0.1) is 24.2 Å². The molecule has 0 aromatic rings. The Labute approximate surface area is 103 Å². The van der Waals surface area contributed by atoms with E-state index in [-0.39, 0.29) is 6.10 Å². The first-order chi connectivity index (χ1) is 8.07. The van der Waals surface area contributed by atoms with Crippen LogP contribution in [0.15, 0.2) is 0 Å². The van der Waals surface area contributed by atoms with Gasteiger partial charge in [0.15, 0.2) is 0 Å². The van der Waals surface area contributed by atoms with E-state index < -0.39 is 9.84 Å². The van der Waals surface area contributed by atoms with Gasteiger partial charge in [-0.3, -0.25) is 0 Å². The van der Waals surface area contributed by atoms with Crippen LogP contribution in [0.1, 0.15) is 12.8 Å². The molecule has 0 aromatic carbocycles. The highest BCUT2D eigenvalue weighted by molar-refractivity contribution is 7.91. The lowest BCUT2D eigenvalue weighted by atomic mass is 10.1. The lowest BCUT2D eigenvalue weighted by Gasteiger charge is -2.34. The van der Waals surface area contributed by atoms with E-state index in [0.717, 1.165) is 39.1 Å². The third-order valence-electron chi connectivity index (χ3n) is 3.64. The molecule has 0 amide bonds. The molecule has 5 nitrogen and oxygen atoms in total. The normalized spacial score (nSPS) is 30.6. The summed E-state index contributed by atoms with van der Waals surface area (Å²) in [6.07, 6.45) is 1.77. The van der Waals surface area contributed by atoms with Crippen molar-refractivity contribution in [2.45, 2.75) is 25.0 Å². The number of nitrogens with zero attached hydrogens (tertiary/aromatic N) is 1. The van der Waals surface area contributed by atoms with Crippen molar-refractivity contribution < 1.29 is 13.2 Å².